The van der Waals surface area contributed by atoms with Crippen LogP contribution in [-0.4, -0.2) is 37.8 Å². The molecule has 2 atom stereocenters. The Balaban J connectivity index is 1.93. The Morgan fingerprint density at radius 3 is 2.86 bits per heavy atom. The van der Waals surface area contributed by atoms with Crippen LogP contribution in [0.1, 0.15) is 18.9 Å². The van der Waals surface area contributed by atoms with Crippen LogP contribution in [0.3, 0.4) is 0 Å². The van der Waals surface area contributed by atoms with Gasteiger partial charge in [-0.05, 0) is 49.6 Å². The number of nitrogens with two attached hydrogens (primary N) is 1. The third kappa shape index (κ3) is 2.45. The fourth-order valence-corrected chi connectivity index (χ4v) is 4.89. The van der Waals surface area contributed by atoms with Gasteiger partial charge in [-0.25, -0.2) is 8.42 Å². The van der Waals surface area contributed by atoms with Gasteiger partial charge in [0.1, 0.15) is 0 Å². The zero-order valence-corrected chi connectivity index (χ0v) is 12.7. The minimum absolute atomic E-state index is 0.0449. The largest absolute Gasteiger partial charge is 0.330 e. The summed E-state index contributed by atoms with van der Waals surface area (Å²) in [4.78, 5) is 11.6. The van der Waals surface area contributed by atoms with E-state index in [1.54, 1.807) is 18.2 Å². The molecule has 2 heterocycles. The summed E-state index contributed by atoms with van der Waals surface area (Å²) in [7, 11) is -3.53. The Hall–Kier alpha value is -1.44. The van der Waals surface area contributed by atoms with Crippen LogP contribution >= 0.6 is 0 Å². The van der Waals surface area contributed by atoms with Crippen molar-refractivity contribution in [3.63, 3.8) is 0 Å². The molecular formula is C14H19N3O3S. The highest BCUT2D eigenvalue weighted by Gasteiger charge is 2.37. The zero-order chi connectivity index (χ0) is 15.2. The van der Waals surface area contributed by atoms with Crippen molar-refractivity contribution in [2.24, 2.45) is 11.7 Å². The lowest BCUT2D eigenvalue weighted by Crippen LogP contribution is -2.34. The standard InChI is InChI=1S/C14H19N3O3S/c1-9-4-10(7-15)8-17(9)21(19,20)12-2-3-13-11(5-12)6-14(18)16-13/h2-3,5,9-10H,4,6-8,15H2,1H3,(H,16,18). The van der Waals surface area contributed by atoms with E-state index >= 15 is 0 Å². The third-order valence-electron chi connectivity index (χ3n) is 4.25. The van der Waals surface area contributed by atoms with Gasteiger partial charge in [-0.15, -0.1) is 0 Å². The van der Waals surface area contributed by atoms with Crippen molar-refractivity contribution in [2.75, 3.05) is 18.4 Å². The SMILES string of the molecule is CC1CC(CN)CN1S(=O)(=O)c1ccc2c(c1)CC(=O)N2. The van der Waals surface area contributed by atoms with E-state index in [1.165, 1.54) is 4.31 Å². The quantitative estimate of drug-likeness (QED) is 0.852. The molecular weight excluding hydrogens is 290 g/mol. The molecule has 114 valence electrons. The predicted molar refractivity (Wildman–Crippen MR) is 79.3 cm³/mol. The molecule has 0 radical (unpaired) electrons. The molecule has 2 aliphatic rings. The third-order valence-corrected chi connectivity index (χ3v) is 6.22. The van der Waals surface area contributed by atoms with Gasteiger partial charge in [0.2, 0.25) is 15.9 Å². The molecule has 1 amide bonds. The first-order valence-corrected chi connectivity index (χ1v) is 8.50. The van der Waals surface area contributed by atoms with Crippen LogP contribution in [-0.2, 0) is 21.2 Å². The number of carbonyl (C=O) groups excluding carboxylic acids is 1. The van der Waals surface area contributed by atoms with E-state index in [-0.39, 0.29) is 29.2 Å². The summed E-state index contributed by atoms with van der Waals surface area (Å²) in [6.45, 7) is 2.87. The average molecular weight is 309 g/mol. The summed E-state index contributed by atoms with van der Waals surface area (Å²) in [5.41, 5.74) is 7.10. The molecule has 2 aliphatic heterocycles. The van der Waals surface area contributed by atoms with Gasteiger partial charge in [-0.2, -0.15) is 4.31 Å². The Bertz CT molecular complexity index is 687. The fourth-order valence-electron chi connectivity index (χ4n) is 3.12. The summed E-state index contributed by atoms with van der Waals surface area (Å²) in [6, 6.07) is 4.78. The average Bonchev–Trinajstić information content (AvgIpc) is 2.99. The lowest BCUT2D eigenvalue weighted by molar-refractivity contribution is -0.115. The minimum Gasteiger partial charge on any atom is -0.330 e. The molecule has 7 heteroatoms. The first-order valence-electron chi connectivity index (χ1n) is 7.06. The summed E-state index contributed by atoms with van der Waals surface area (Å²) < 4.78 is 27.1. The number of carbonyl (C=O) groups is 1. The molecule has 0 spiro atoms. The molecule has 3 N–H and O–H groups in total. The molecule has 1 saturated heterocycles. The van der Waals surface area contributed by atoms with E-state index in [0.29, 0.717) is 18.8 Å². The lowest BCUT2D eigenvalue weighted by Gasteiger charge is -2.21. The number of sulfonamides is 1. The Morgan fingerprint density at radius 1 is 1.43 bits per heavy atom. The Morgan fingerprint density at radius 2 is 2.19 bits per heavy atom. The second-order valence-corrected chi connectivity index (χ2v) is 7.70. The van der Waals surface area contributed by atoms with Gasteiger partial charge in [0.05, 0.1) is 11.3 Å². The molecule has 21 heavy (non-hydrogen) atoms. The second-order valence-electron chi connectivity index (χ2n) is 5.81. The number of nitrogens with one attached hydrogen (secondary N) is 1. The van der Waals surface area contributed by atoms with Gasteiger partial charge in [0.15, 0.2) is 0 Å². The maximum atomic E-state index is 12.8. The van der Waals surface area contributed by atoms with Gasteiger partial charge in [0.25, 0.3) is 0 Å². The van der Waals surface area contributed by atoms with E-state index in [1.807, 2.05) is 6.92 Å². The number of fused-ring (bicyclic) bond motifs is 1. The number of benzene rings is 1. The van der Waals surface area contributed by atoms with E-state index in [0.717, 1.165) is 12.0 Å². The highest BCUT2D eigenvalue weighted by atomic mass is 32.2. The van der Waals surface area contributed by atoms with Crippen molar-refractivity contribution in [2.45, 2.75) is 30.7 Å². The molecule has 0 aliphatic carbocycles. The van der Waals surface area contributed by atoms with Gasteiger partial charge in [0, 0.05) is 18.3 Å². The van der Waals surface area contributed by atoms with Crippen LogP contribution in [0.25, 0.3) is 0 Å². The Labute approximate surface area is 124 Å². The van der Waals surface area contributed by atoms with Gasteiger partial charge >= 0.3 is 0 Å². The number of amides is 1. The smallest absolute Gasteiger partial charge is 0.243 e. The summed E-state index contributed by atoms with van der Waals surface area (Å²) in [5, 5.41) is 2.71. The predicted octanol–water partition coefficient (Wildman–Crippen LogP) is 0.539. The van der Waals surface area contributed by atoms with Crippen molar-refractivity contribution in [3.8, 4) is 0 Å². The number of nitrogens with zero attached hydrogens (tertiary/aromatic N) is 1. The van der Waals surface area contributed by atoms with E-state index in [2.05, 4.69) is 5.32 Å². The maximum Gasteiger partial charge on any atom is 0.243 e. The van der Waals surface area contributed by atoms with E-state index in [9.17, 15) is 13.2 Å². The molecule has 6 nitrogen and oxygen atoms in total. The van der Waals surface area contributed by atoms with Crippen molar-refractivity contribution < 1.29 is 13.2 Å². The molecule has 0 bridgehead atoms. The summed E-state index contributed by atoms with van der Waals surface area (Å²) >= 11 is 0. The number of rotatable bonds is 3. The molecule has 0 aromatic heterocycles. The number of anilines is 1. The molecule has 1 aromatic carbocycles. The van der Waals surface area contributed by atoms with E-state index < -0.39 is 10.0 Å². The summed E-state index contributed by atoms with van der Waals surface area (Å²) in [5.74, 6) is 0.115. The molecule has 0 saturated carbocycles. The van der Waals surface area contributed by atoms with Crippen LogP contribution < -0.4 is 11.1 Å². The van der Waals surface area contributed by atoms with Crippen molar-refractivity contribution in [1.29, 1.82) is 0 Å². The normalized spacial score (nSPS) is 25.9. The topological polar surface area (TPSA) is 92.5 Å². The monoisotopic (exact) mass is 309 g/mol. The highest BCUT2D eigenvalue weighted by molar-refractivity contribution is 7.89. The lowest BCUT2D eigenvalue weighted by atomic mass is 10.1. The van der Waals surface area contributed by atoms with Crippen LogP contribution in [0.2, 0.25) is 0 Å². The van der Waals surface area contributed by atoms with Gasteiger partial charge in [-0.3, -0.25) is 4.79 Å². The van der Waals surface area contributed by atoms with Crippen molar-refractivity contribution in [1.82, 2.24) is 4.31 Å². The fraction of sp³-hybridized carbons (Fsp3) is 0.500. The zero-order valence-electron chi connectivity index (χ0n) is 11.9. The van der Waals surface area contributed by atoms with Crippen molar-refractivity contribution in [3.05, 3.63) is 23.8 Å². The molecule has 3 rings (SSSR count). The van der Waals surface area contributed by atoms with Crippen LogP contribution in [0.4, 0.5) is 5.69 Å². The first-order chi connectivity index (χ1) is 9.91. The van der Waals surface area contributed by atoms with Gasteiger partial charge in [-0.1, -0.05) is 0 Å². The highest BCUT2D eigenvalue weighted by Crippen LogP contribution is 2.31. The van der Waals surface area contributed by atoms with Crippen molar-refractivity contribution >= 4 is 21.6 Å². The Kier molecular flexibility index (Phi) is 3.51. The van der Waals surface area contributed by atoms with Crippen LogP contribution in [0.15, 0.2) is 23.1 Å². The number of hydrogen-bond donors (Lipinski definition) is 2. The minimum atomic E-state index is -3.53. The number of hydrogen-bond acceptors (Lipinski definition) is 4. The second kappa shape index (κ2) is 5.08. The van der Waals surface area contributed by atoms with E-state index in [4.69, 9.17) is 5.73 Å². The summed E-state index contributed by atoms with van der Waals surface area (Å²) in [6.07, 6.45) is 1.03. The maximum absolute atomic E-state index is 12.8. The molecule has 1 aromatic rings. The molecule has 1 fully saturated rings. The van der Waals surface area contributed by atoms with Crippen LogP contribution in [0, 0.1) is 5.92 Å². The molecule has 2 unspecified atom stereocenters. The first kappa shape index (κ1) is 14.5. The van der Waals surface area contributed by atoms with Gasteiger partial charge < -0.3 is 11.1 Å². The van der Waals surface area contributed by atoms with Crippen LogP contribution in [0.5, 0.6) is 0 Å².